The van der Waals surface area contributed by atoms with Crippen LogP contribution in [0.25, 0.3) is 0 Å². The van der Waals surface area contributed by atoms with Crippen LogP contribution in [0.1, 0.15) is 86.2 Å². The lowest BCUT2D eigenvalue weighted by atomic mass is 9.84. The fourth-order valence-electron chi connectivity index (χ4n) is 4.31. The quantitative estimate of drug-likeness (QED) is 0.210. The van der Waals surface area contributed by atoms with Crippen molar-refractivity contribution in [3.8, 4) is 11.5 Å². The number of benzene rings is 2. The number of aromatic carboxylic acids is 1. The van der Waals surface area contributed by atoms with Crippen molar-refractivity contribution in [2.24, 2.45) is 5.92 Å². The molecule has 1 aliphatic rings. The van der Waals surface area contributed by atoms with Crippen LogP contribution in [0.3, 0.4) is 0 Å². The van der Waals surface area contributed by atoms with E-state index in [0.29, 0.717) is 12.2 Å². The van der Waals surface area contributed by atoms with Gasteiger partial charge in [0.25, 0.3) is 0 Å². The molecule has 2 aromatic carbocycles. The maximum Gasteiger partial charge on any atom is 0.335 e. The van der Waals surface area contributed by atoms with Crippen molar-refractivity contribution >= 4 is 11.9 Å². The Morgan fingerprint density at radius 3 is 2.24 bits per heavy atom. The molecule has 1 N–H and O–H groups in total. The Labute approximate surface area is 197 Å². The van der Waals surface area contributed by atoms with Crippen LogP contribution in [-0.2, 0) is 17.6 Å². The van der Waals surface area contributed by atoms with Crippen molar-refractivity contribution in [3.63, 3.8) is 0 Å². The fourth-order valence-corrected chi connectivity index (χ4v) is 4.31. The Kier molecular flexibility index (Phi) is 9.79. The minimum absolute atomic E-state index is 0.168. The van der Waals surface area contributed by atoms with Gasteiger partial charge in [-0.1, -0.05) is 57.9 Å². The molecule has 0 spiro atoms. The lowest BCUT2D eigenvalue weighted by Gasteiger charge is -2.23. The summed E-state index contributed by atoms with van der Waals surface area (Å²) in [6.45, 7) is 3.00. The first-order chi connectivity index (χ1) is 16.1. The number of ether oxygens (including phenoxy) is 2. The van der Waals surface area contributed by atoms with Gasteiger partial charge < -0.3 is 14.6 Å². The molecule has 2 aromatic rings. The normalized spacial score (nSPS) is 15.0. The van der Waals surface area contributed by atoms with Crippen molar-refractivity contribution in [2.45, 2.75) is 77.6 Å². The summed E-state index contributed by atoms with van der Waals surface area (Å²) >= 11 is 0. The van der Waals surface area contributed by atoms with Gasteiger partial charge in [0.05, 0.1) is 18.1 Å². The standard InChI is InChI=1S/C28H36O5/c1-2-3-4-5-6-7-8-9-18-32-26-17-14-22-19-24(11-10-23(22)20-26)28(31)33-25-15-12-21(13-16-25)27(29)30/h12-17,20,24H,2-11,18-19H2,1H3,(H,29,30). The molecule has 5 heteroatoms. The molecule has 0 saturated carbocycles. The van der Waals surface area contributed by atoms with Crippen molar-refractivity contribution in [1.29, 1.82) is 0 Å². The van der Waals surface area contributed by atoms with Gasteiger partial charge >= 0.3 is 11.9 Å². The van der Waals surface area contributed by atoms with Gasteiger partial charge in [-0.05, 0) is 73.2 Å². The van der Waals surface area contributed by atoms with E-state index in [1.54, 1.807) is 0 Å². The smallest absolute Gasteiger partial charge is 0.335 e. The molecule has 3 rings (SSSR count). The van der Waals surface area contributed by atoms with Gasteiger partial charge in [0.2, 0.25) is 0 Å². The summed E-state index contributed by atoms with van der Waals surface area (Å²) in [5.74, 6) is -0.172. The van der Waals surface area contributed by atoms with Crippen LogP contribution >= 0.6 is 0 Å². The minimum Gasteiger partial charge on any atom is -0.494 e. The number of hydrogen-bond acceptors (Lipinski definition) is 4. The minimum atomic E-state index is -1.00. The number of carbonyl (C=O) groups excluding carboxylic acids is 1. The molecule has 0 heterocycles. The van der Waals surface area contributed by atoms with E-state index in [2.05, 4.69) is 19.1 Å². The molecule has 1 aliphatic carbocycles. The molecule has 0 amide bonds. The zero-order chi connectivity index (χ0) is 23.5. The van der Waals surface area contributed by atoms with Crippen LogP contribution < -0.4 is 9.47 Å². The fraction of sp³-hybridized carbons (Fsp3) is 0.500. The molecular formula is C28H36O5. The lowest BCUT2D eigenvalue weighted by molar-refractivity contribution is -0.139. The van der Waals surface area contributed by atoms with Crippen LogP contribution in [0.4, 0.5) is 0 Å². The maximum atomic E-state index is 12.6. The van der Waals surface area contributed by atoms with Gasteiger partial charge in [-0.3, -0.25) is 4.79 Å². The highest BCUT2D eigenvalue weighted by molar-refractivity contribution is 5.87. The Bertz CT molecular complexity index is 903. The van der Waals surface area contributed by atoms with E-state index < -0.39 is 5.97 Å². The van der Waals surface area contributed by atoms with Crippen molar-refractivity contribution in [1.82, 2.24) is 0 Å². The molecule has 0 fully saturated rings. The van der Waals surface area contributed by atoms with Gasteiger partial charge in [0.15, 0.2) is 0 Å². The van der Waals surface area contributed by atoms with E-state index in [1.165, 1.54) is 80.3 Å². The second-order valence-corrected chi connectivity index (χ2v) is 8.94. The molecule has 1 unspecified atom stereocenters. The molecule has 0 aromatic heterocycles. The van der Waals surface area contributed by atoms with Crippen LogP contribution in [0.5, 0.6) is 11.5 Å². The van der Waals surface area contributed by atoms with E-state index in [-0.39, 0.29) is 17.5 Å². The first kappa shape index (κ1) is 24.8. The van der Waals surface area contributed by atoms with E-state index >= 15 is 0 Å². The predicted octanol–water partition coefficient (Wildman–Crippen LogP) is 6.61. The topological polar surface area (TPSA) is 72.8 Å². The number of fused-ring (bicyclic) bond motifs is 1. The number of hydrogen-bond donors (Lipinski definition) is 1. The molecule has 178 valence electrons. The van der Waals surface area contributed by atoms with Crippen LogP contribution in [0, 0.1) is 5.92 Å². The molecular weight excluding hydrogens is 416 g/mol. The SMILES string of the molecule is CCCCCCCCCCOc1ccc2c(c1)CCC(C(=O)Oc1ccc(C(=O)O)cc1)C2. The summed E-state index contributed by atoms with van der Waals surface area (Å²) in [6.07, 6.45) is 12.5. The number of unbranched alkanes of at least 4 members (excludes halogenated alkanes) is 7. The van der Waals surface area contributed by atoms with Crippen molar-refractivity contribution < 1.29 is 24.2 Å². The Morgan fingerprint density at radius 1 is 0.879 bits per heavy atom. The first-order valence-electron chi connectivity index (χ1n) is 12.4. The summed E-state index contributed by atoms with van der Waals surface area (Å²) < 4.78 is 11.4. The molecule has 1 atom stereocenters. The van der Waals surface area contributed by atoms with E-state index in [4.69, 9.17) is 14.6 Å². The summed E-state index contributed by atoms with van der Waals surface area (Å²) in [4.78, 5) is 23.5. The van der Waals surface area contributed by atoms with Crippen molar-refractivity contribution in [3.05, 3.63) is 59.2 Å². The third-order valence-corrected chi connectivity index (χ3v) is 6.33. The Hall–Kier alpha value is -2.82. The molecule has 0 aliphatic heterocycles. The molecule has 0 bridgehead atoms. The highest BCUT2D eigenvalue weighted by Crippen LogP contribution is 2.30. The van der Waals surface area contributed by atoms with Crippen LogP contribution in [0.2, 0.25) is 0 Å². The monoisotopic (exact) mass is 452 g/mol. The van der Waals surface area contributed by atoms with E-state index in [0.717, 1.165) is 31.6 Å². The zero-order valence-corrected chi connectivity index (χ0v) is 19.7. The van der Waals surface area contributed by atoms with Crippen LogP contribution in [0.15, 0.2) is 42.5 Å². The average Bonchev–Trinajstić information content (AvgIpc) is 2.83. The number of carbonyl (C=O) groups is 2. The van der Waals surface area contributed by atoms with Crippen LogP contribution in [-0.4, -0.2) is 23.7 Å². The van der Waals surface area contributed by atoms with Gasteiger partial charge in [-0.25, -0.2) is 4.79 Å². The maximum absolute atomic E-state index is 12.6. The largest absolute Gasteiger partial charge is 0.494 e. The Morgan fingerprint density at radius 2 is 1.55 bits per heavy atom. The molecule has 0 radical (unpaired) electrons. The van der Waals surface area contributed by atoms with Gasteiger partial charge in [0, 0.05) is 0 Å². The zero-order valence-electron chi connectivity index (χ0n) is 19.7. The highest BCUT2D eigenvalue weighted by atomic mass is 16.5. The predicted molar refractivity (Wildman–Crippen MR) is 129 cm³/mol. The van der Waals surface area contributed by atoms with Gasteiger partial charge in [-0.2, -0.15) is 0 Å². The lowest BCUT2D eigenvalue weighted by Crippen LogP contribution is -2.26. The molecule has 5 nitrogen and oxygen atoms in total. The second kappa shape index (κ2) is 13.0. The van der Waals surface area contributed by atoms with Gasteiger partial charge in [-0.15, -0.1) is 0 Å². The highest BCUT2D eigenvalue weighted by Gasteiger charge is 2.26. The van der Waals surface area contributed by atoms with E-state index in [1.807, 2.05) is 6.07 Å². The number of esters is 1. The average molecular weight is 453 g/mol. The third kappa shape index (κ3) is 7.92. The van der Waals surface area contributed by atoms with Crippen molar-refractivity contribution in [2.75, 3.05) is 6.61 Å². The third-order valence-electron chi connectivity index (χ3n) is 6.33. The summed E-state index contributed by atoms with van der Waals surface area (Å²) in [6, 6.07) is 12.1. The second-order valence-electron chi connectivity index (χ2n) is 8.94. The van der Waals surface area contributed by atoms with E-state index in [9.17, 15) is 9.59 Å². The molecule has 33 heavy (non-hydrogen) atoms. The first-order valence-corrected chi connectivity index (χ1v) is 12.4. The number of rotatable bonds is 13. The van der Waals surface area contributed by atoms with Gasteiger partial charge in [0.1, 0.15) is 11.5 Å². The Balaban J connectivity index is 1.40. The number of aryl methyl sites for hydroxylation is 1. The number of carboxylic acid groups (broad SMARTS) is 1. The summed E-state index contributed by atoms with van der Waals surface area (Å²) in [5, 5.41) is 8.97. The summed E-state index contributed by atoms with van der Waals surface area (Å²) in [7, 11) is 0. The summed E-state index contributed by atoms with van der Waals surface area (Å²) in [5.41, 5.74) is 2.59. The number of carboxylic acids is 1. The molecule has 0 saturated heterocycles.